The molecule has 6 nitrogen and oxygen atoms in total. The molecule has 1 aliphatic heterocycles. The minimum absolute atomic E-state index is 0.0283. The van der Waals surface area contributed by atoms with E-state index in [1.165, 1.54) is 16.6 Å². The lowest BCUT2D eigenvalue weighted by Gasteiger charge is -2.29. The first-order valence-electron chi connectivity index (χ1n) is 7.58. The molecule has 1 aromatic carbocycles. The van der Waals surface area contributed by atoms with Crippen LogP contribution in [0.1, 0.15) is 32.7 Å². The fourth-order valence-corrected chi connectivity index (χ4v) is 4.66. The Labute approximate surface area is 140 Å². The van der Waals surface area contributed by atoms with Crippen LogP contribution >= 0.6 is 0 Å². The monoisotopic (exact) mass is 346 g/mol. The summed E-state index contributed by atoms with van der Waals surface area (Å²) >= 11 is 0. The van der Waals surface area contributed by atoms with Gasteiger partial charge in [-0.05, 0) is 37.1 Å². The van der Waals surface area contributed by atoms with E-state index in [4.69, 9.17) is 0 Å². The number of aryl methyl sites for hydroxylation is 2. The summed E-state index contributed by atoms with van der Waals surface area (Å²) in [7, 11) is -3.69. The molecule has 3 rings (SSSR count). The molecule has 2 aromatic rings. The van der Waals surface area contributed by atoms with Gasteiger partial charge in [0.15, 0.2) is 0 Å². The molecule has 1 N–H and O–H groups in total. The van der Waals surface area contributed by atoms with Gasteiger partial charge in [-0.2, -0.15) is 4.31 Å². The number of aromatic carboxylic acids is 1. The Bertz CT molecular complexity index is 922. The first-order chi connectivity index (χ1) is 11.3. The molecule has 126 valence electrons. The second-order valence-corrected chi connectivity index (χ2v) is 7.85. The lowest BCUT2D eigenvalue weighted by Crippen LogP contribution is -2.37. The second-order valence-electron chi connectivity index (χ2n) is 5.95. The molecule has 0 fully saturated rings. The van der Waals surface area contributed by atoms with Gasteiger partial charge in [-0.1, -0.05) is 12.1 Å². The third kappa shape index (κ3) is 2.81. The van der Waals surface area contributed by atoms with Crippen LogP contribution < -0.4 is 0 Å². The van der Waals surface area contributed by atoms with Gasteiger partial charge >= 0.3 is 5.97 Å². The molecule has 1 aromatic heterocycles. The third-order valence-corrected chi connectivity index (χ3v) is 6.26. The van der Waals surface area contributed by atoms with Crippen molar-refractivity contribution >= 4 is 16.0 Å². The number of pyridine rings is 1. The maximum Gasteiger partial charge on any atom is 0.336 e. The standard InChI is InChI=1S/C17H18N2O4S/c1-11-3-4-12(2)16(9-11)24(22,23)19-8-6-15-14(10-19)13(17(20)21)5-7-18-15/h3-5,7,9H,6,8,10H2,1-2H3,(H,20,21). The minimum atomic E-state index is -3.69. The van der Waals surface area contributed by atoms with E-state index in [1.54, 1.807) is 19.1 Å². The van der Waals surface area contributed by atoms with Crippen molar-refractivity contribution in [1.29, 1.82) is 0 Å². The van der Waals surface area contributed by atoms with Crippen molar-refractivity contribution in [2.24, 2.45) is 0 Å². The van der Waals surface area contributed by atoms with Crippen molar-refractivity contribution in [3.8, 4) is 0 Å². The van der Waals surface area contributed by atoms with Gasteiger partial charge in [-0.15, -0.1) is 0 Å². The number of hydrogen-bond acceptors (Lipinski definition) is 4. The Hall–Kier alpha value is -2.25. The molecule has 0 aliphatic carbocycles. The van der Waals surface area contributed by atoms with Crippen LogP contribution in [-0.4, -0.2) is 35.3 Å². The summed E-state index contributed by atoms with van der Waals surface area (Å²) in [6.07, 6.45) is 1.86. The van der Waals surface area contributed by atoms with E-state index in [2.05, 4.69) is 4.98 Å². The number of sulfonamides is 1. The van der Waals surface area contributed by atoms with Crippen LogP contribution in [0.3, 0.4) is 0 Å². The molecule has 2 heterocycles. The summed E-state index contributed by atoms with van der Waals surface area (Å²) in [5.41, 5.74) is 2.79. The summed E-state index contributed by atoms with van der Waals surface area (Å²) in [6.45, 7) is 3.92. The number of carbonyl (C=O) groups is 1. The van der Waals surface area contributed by atoms with Crippen LogP contribution in [0, 0.1) is 13.8 Å². The van der Waals surface area contributed by atoms with Gasteiger partial charge in [0.1, 0.15) is 0 Å². The fraction of sp³-hybridized carbons (Fsp3) is 0.294. The summed E-state index contributed by atoms with van der Waals surface area (Å²) in [5, 5.41) is 9.33. The number of fused-ring (bicyclic) bond motifs is 1. The predicted octanol–water partition coefficient (Wildman–Crippen LogP) is 2.14. The Kier molecular flexibility index (Phi) is 4.15. The van der Waals surface area contributed by atoms with Gasteiger partial charge in [0.25, 0.3) is 0 Å². The van der Waals surface area contributed by atoms with E-state index in [9.17, 15) is 18.3 Å². The van der Waals surface area contributed by atoms with Crippen molar-refractivity contribution in [1.82, 2.24) is 9.29 Å². The molecular weight excluding hydrogens is 328 g/mol. The molecule has 0 spiro atoms. The zero-order chi connectivity index (χ0) is 17.5. The molecule has 24 heavy (non-hydrogen) atoms. The number of carboxylic acids is 1. The van der Waals surface area contributed by atoms with E-state index in [0.717, 1.165) is 5.56 Å². The highest BCUT2D eigenvalue weighted by Crippen LogP contribution is 2.28. The lowest BCUT2D eigenvalue weighted by atomic mass is 10.0. The van der Waals surface area contributed by atoms with Crippen LogP contribution in [0.15, 0.2) is 35.4 Å². The number of aromatic nitrogens is 1. The van der Waals surface area contributed by atoms with Gasteiger partial charge in [0, 0.05) is 37.0 Å². The van der Waals surface area contributed by atoms with E-state index in [-0.39, 0.29) is 17.0 Å². The Morgan fingerprint density at radius 2 is 2.00 bits per heavy atom. The van der Waals surface area contributed by atoms with E-state index in [1.807, 2.05) is 13.0 Å². The average molecular weight is 346 g/mol. The molecule has 0 bridgehead atoms. The van der Waals surface area contributed by atoms with Gasteiger partial charge in [0.2, 0.25) is 10.0 Å². The van der Waals surface area contributed by atoms with Crippen molar-refractivity contribution in [2.45, 2.75) is 31.7 Å². The fourth-order valence-electron chi connectivity index (χ4n) is 2.94. The van der Waals surface area contributed by atoms with Crippen LogP contribution in [0.25, 0.3) is 0 Å². The van der Waals surface area contributed by atoms with Crippen molar-refractivity contribution in [2.75, 3.05) is 6.54 Å². The van der Waals surface area contributed by atoms with Crippen molar-refractivity contribution < 1.29 is 18.3 Å². The summed E-state index contributed by atoms with van der Waals surface area (Å²) in [5.74, 6) is -1.07. The largest absolute Gasteiger partial charge is 0.478 e. The Morgan fingerprint density at radius 1 is 1.25 bits per heavy atom. The molecule has 0 saturated carbocycles. The van der Waals surface area contributed by atoms with Gasteiger partial charge in [-0.25, -0.2) is 13.2 Å². The molecule has 0 unspecified atom stereocenters. The zero-order valence-corrected chi connectivity index (χ0v) is 14.3. The quantitative estimate of drug-likeness (QED) is 0.920. The first kappa shape index (κ1) is 16.6. The van der Waals surface area contributed by atoms with Crippen LogP contribution in [-0.2, 0) is 23.0 Å². The summed E-state index contributed by atoms with van der Waals surface area (Å²) < 4.78 is 27.4. The van der Waals surface area contributed by atoms with E-state index in [0.29, 0.717) is 29.8 Å². The highest BCUT2D eigenvalue weighted by atomic mass is 32.2. The summed E-state index contributed by atoms with van der Waals surface area (Å²) in [4.78, 5) is 15.9. The normalized spacial score (nSPS) is 15.1. The number of carboxylic acid groups (broad SMARTS) is 1. The van der Waals surface area contributed by atoms with Crippen molar-refractivity contribution in [3.63, 3.8) is 0 Å². The van der Waals surface area contributed by atoms with Crippen LogP contribution in [0.4, 0.5) is 0 Å². The minimum Gasteiger partial charge on any atom is -0.478 e. The molecule has 0 saturated heterocycles. The molecule has 0 radical (unpaired) electrons. The maximum atomic E-state index is 13.0. The SMILES string of the molecule is Cc1ccc(C)c(S(=O)(=O)N2CCc3nccc(C(=O)O)c3C2)c1. The average Bonchev–Trinajstić information content (AvgIpc) is 2.55. The number of nitrogens with zero attached hydrogens (tertiary/aromatic N) is 2. The van der Waals surface area contributed by atoms with Crippen molar-refractivity contribution in [3.05, 3.63) is 58.4 Å². The number of hydrogen-bond donors (Lipinski definition) is 1. The van der Waals surface area contributed by atoms with E-state index < -0.39 is 16.0 Å². The highest BCUT2D eigenvalue weighted by Gasteiger charge is 2.32. The predicted molar refractivity (Wildman–Crippen MR) is 88.4 cm³/mol. The molecule has 1 aliphatic rings. The smallest absolute Gasteiger partial charge is 0.336 e. The van der Waals surface area contributed by atoms with E-state index >= 15 is 0 Å². The van der Waals surface area contributed by atoms with Gasteiger partial charge in [-0.3, -0.25) is 4.98 Å². The zero-order valence-electron chi connectivity index (χ0n) is 13.5. The topological polar surface area (TPSA) is 87.6 Å². The lowest BCUT2D eigenvalue weighted by molar-refractivity contribution is 0.0694. The summed E-state index contributed by atoms with van der Waals surface area (Å²) in [6, 6.07) is 6.72. The number of rotatable bonds is 3. The molecule has 7 heteroatoms. The highest BCUT2D eigenvalue weighted by molar-refractivity contribution is 7.89. The Balaban J connectivity index is 2.04. The maximum absolute atomic E-state index is 13.0. The van der Waals surface area contributed by atoms with Crippen LogP contribution in [0.2, 0.25) is 0 Å². The first-order valence-corrected chi connectivity index (χ1v) is 9.02. The Morgan fingerprint density at radius 3 is 2.71 bits per heavy atom. The van der Waals surface area contributed by atoms with Gasteiger partial charge < -0.3 is 5.11 Å². The second kappa shape index (κ2) is 5.99. The van der Waals surface area contributed by atoms with Crippen LogP contribution in [0.5, 0.6) is 0 Å². The number of benzene rings is 1. The molecule has 0 atom stereocenters. The molecule has 0 amide bonds. The third-order valence-electron chi connectivity index (χ3n) is 4.27. The van der Waals surface area contributed by atoms with Gasteiger partial charge in [0.05, 0.1) is 10.5 Å². The molecular formula is C17H18N2O4S.